The summed E-state index contributed by atoms with van der Waals surface area (Å²) in [5, 5.41) is 37.2. The molecule has 0 fully saturated rings. The highest BCUT2D eigenvalue weighted by Gasteiger charge is 2.33. The van der Waals surface area contributed by atoms with Crippen LogP contribution in [0.1, 0.15) is 29.2 Å². The van der Waals surface area contributed by atoms with E-state index in [1.807, 2.05) is 0 Å². The number of phenols is 1. The molecule has 0 radical (unpaired) electrons. The number of aromatic amines is 1. The van der Waals surface area contributed by atoms with Gasteiger partial charge in [-0.1, -0.05) is 18.2 Å². The van der Waals surface area contributed by atoms with Gasteiger partial charge in [-0.15, -0.1) is 0 Å². The predicted molar refractivity (Wildman–Crippen MR) is 128 cm³/mol. The summed E-state index contributed by atoms with van der Waals surface area (Å²) in [6.45, 7) is 0. The molecule has 3 aromatic carbocycles. The van der Waals surface area contributed by atoms with Crippen molar-refractivity contribution in [3.8, 4) is 23.3 Å². The van der Waals surface area contributed by atoms with Gasteiger partial charge in [0, 0.05) is 11.8 Å². The molecule has 0 amide bonds. The third-order valence-corrected chi connectivity index (χ3v) is 5.94. The van der Waals surface area contributed by atoms with Crippen molar-refractivity contribution >= 4 is 22.3 Å². The molecule has 8 nitrogen and oxygen atoms in total. The highest BCUT2D eigenvalue weighted by molar-refractivity contribution is 6.08. The van der Waals surface area contributed by atoms with Crippen molar-refractivity contribution in [1.29, 1.82) is 5.26 Å². The number of nitrogens with one attached hydrogen (secondary N) is 1. The van der Waals surface area contributed by atoms with Crippen LogP contribution in [0.4, 0.5) is 5.69 Å². The first-order valence-corrected chi connectivity index (χ1v) is 10.6. The van der Waals surface area contributed by atoms with Crippen molar-refractivity contribution in [2.75, 3.05) is 12.1 Å². The fourth-order valence-corrected chi connectivity index (χ4v) is 4.24. The van der Waals surface area contributed by atoms with Crippen molar-refractivity contribution < 1.29 is 14.9 Å². The third kappa shape index (κ3) is 3.49. The van der Waals surface area contributed by atoms with Crippen LogP contribution >= 0.6 is 0 Å². The lowest BCUT2D eigenvalue weighted by molar-refractivity contribution is 0.372. The molecule has 3 N–H and O–H groups in total. The van der Waals surface area contributed by atoms with Crippen LogP contribution in [-0.4, -0.2) is 28.0 Å². The van der Waals surface area contributed by atoms with Crippen molar-refractivity contribution in [2.45, 2.75) is 12.5 Å². The zero-order valence-electron chi connectivity index (χ0n) is 18.2. The van der Waals surface area contributed by atoms with Gasteiger partial charge in [-0.25, -0.2) is 0 Å². The molecule has 1 aromatic heterocycles. The Labute approximate surface area is 194 Å². The van der Waals surface area contributed by atoms with Gasteiger partial charge < -0.3 is 19.9 Å². The fraction of sp³-hybridized carbons (Fsp3) is 0.115. The third-order valence-electron chi connectivity index (χ3n) is 5.94. The zero-order chi connectivity index (χ0) is 23.8. The highest BCUT2D eigenvalue weighted by atomic mass is 16.5. The van der Waals surface area contributed by atoms with Crippen LogP contribution in [0.5, 0.6) is 17.2 Å². The van der Waals surface area contributed by atoms with Gasteiger partial charge in [0.2, 0.25) is 0 Å². The number of benzene rings is 3. The normalized spacial score (nSPS) is 15.2. The minimum absolute atomic E-state index is 0.0129. The molecule has 0 saturated heterocycles. The van der Waals surface area contributed by atoms with Gasteiger partial charge in [0.05, 0.1) is 41.7 Å². The lowest BCUT2D eigenvalue weighted by Crippen LogP contribution is -2.19. The number of aromatic hydroxyl groups is 2. The molecule has 0 saturated carbocycles. The fourth-order valence-electron chi connectivity index (χ4n) is 4.24. The van der Waals surface area contributed by atoms with Gasteiger partial charge >= 0.3 is 0 Å². The number of ether oxygens (including phenoxy) is 1. The van der Waals surface area contributed by atoms with Crippen LogP contribution in [0.3, 0.4) is 0 Å². The zero-order valence-corrected chi connectivity index (χ0v) is 18.2. The van der Waals surface area contributed by atoms with Crippen LogP contribution in [0.25, 0.3) is 10.9 Å². The minimum atomic E-state index is -0.432. The summed E-state index contributed by atoms with van der Waals surface area (Å²) >= 11 is 0. The number of aromatic nitrogens is 1. The van der Waals surface area contributed by atoms with E-state index in [-0.39, 0.29) is 23.1 Å². The van der Waals surface area contributed by atoms with Gasteiger partial charge in [0.15, 0.2) is 11.5 Å². The number of fused-ring (bicyclic) bond motifs is 1. The Morgan fingerprint density at radius 2 is 1.88 bits per heavy atom. The van der Waals surface area contributed by atoms with Crippen LogP contribution in [0.15, 0.2) is 76.6 Å². The molecule has 2 heterocycles. The topological polar surface area (TPSA) is 122 Å². The lowest BCUT2D eigenvalue weighted by Gasteiger charge is -2.24. The Morgan fingerprint density at radius 3 is 2.62 bits per heavy atom. The first-order chi connectivity index (χ1) is 16.5. The van der Waals surface area contributed by atoms with Crippen LogP contribution < -0.4 is 15.3 Å². The number of H-pyrrole nitrogens is 1. The molecule has 1 unspecified atom stereocenters. The maximum absolute atomic E-state index is 13.0. The summed E-state index contributed by atoms with van der Waals surface area (Å²) in [5.74, 6) is 0.206. The molecular weight excluding hydrogens is 432 g/mol. The SMILES string of the molecule is COc1cc(C2CC(c3c(O)c4ccccc4[nH]c3=O)=NN2c2ccc(C#N)cc2)ccc1O. The Morgan fingerprint density at radius 1 is 1.12 bits per heavy atom. The molecule has 1 aliphatic heterocycles. The van der Waals surface area contributed by atoms with E-state index >= 15 is 0 Å². The molecule has 0 spiro atoms. The Hall–Kier alpha value is -4.77. The van der Waals surface area contributed by atoms with E-state index in [2.05, 4.69) is 11.1 Å². The van der Waals surface area contributed by atoms with E-state index in [9.17, 15) is 15.0 Å². The average Bonchev–Trinajstić information content (AvgIpc) is 3.29. The molecule has 8 heteroatoms. The first kappa shape index (κ1) is 21.1. The summed E-state index contributed by atoms with van der Waals surface area (Å²) in [6, 6.07) is 20.8. The molecule has 1 atom stereocenters. The van der Waals surface area contributed by atoms with Gasteiger partial charge in [-0.05, 0) is 54.1 Å². The number of hydrogen-bond donors (Lipinski definition) is 3. The van der Waals surface area contributed by atoms with Crippen LogP contribution in [0.2, 0.25) is 0 Å². The number of rotatable bonds is 4. The van der Waals surface area contributed by atoms with Crippen molar-refractivity contribution in [3.05, 3.63) is 93.8 Å². The Bertz CT molecular complexity index is 1530. The van der Waals surface area contributed by atoms with E-state index in [0.717, 1.165) is 5.56 Å². The Balaban J connectivity index is 1.66. The molecule has 5 rings (SSSR count). The molecule has 4 aromatic rings. The predicted octanol–water partition coefficient (Wildman–Crippen LogP) is 4.18. The van der Waals surface area contributed by atoms with Crippen LogP contribution in [0, 0.1) is 11.3 Å². The van der Waals surface area contributed by atoms with E-state index in [4.69, 9.17) is 15.1 Å². The quantitative estimate of drug-likeness (QED) is 0.427. The second-order valence-electron chi connectivity index (χ2n) is 7.92. The highest BCUT2D eigenvalue weighted by Crippen LogP contribution is 2.40. The number of hydrazone groups is 1. The van der Waals surface area contributed by atoms with E-state index in [1.54, 1.807) is 71.7 Å². The second kappa shape index (κ2) is 8.30. The van der Waals surface area contributed by atoms with Crippen LogP contribution in [-0.2, 0) is 0 Å². The largest absolute Gasteiger partial charge is 0.506 e. The summed E-state index contributed by atoms with van der Waals surface area (Å²) in [4.78, 5) is 15.8. The molecule has 1 aliphatic rings. The van der Waals surface area contributed by atoms with E-state index < -0.39 is 5.56 Å². The number of nitrogens with zero attached hydrogens (tertiary/aromatic N) is 3. The van der Waals surface area contributed by atoms with Gasteiger partial charge in [-0.2, -0.15) is 10.4 Å². The van der Waals surface area contributed by atoms with Crippen molar-refractivity contribution in [3.63, 3.8) is 0 Å². The Kier molecular flexibility index (Phi) is 5.15. The first-order valence-electron chi connectivity index (χ1n) is 10.6. The summed E-state index contributed by atoms with van der Waals surface area (Å²) < 4.78 is 5.28. The molecule has 168 valence electrons. The second-order valence-corrected chi connectivity index (χ2v) is 7.92. The number of para-hydroxylation sites is 1. The average molecular weight is 452 g/mol. The van der Waals surface area contributed by atoms with Gasteiger partial charge in [-0.3, -0.25) is 9.80 Å². The number of nitriles is 1. The summed E-state index contributed by atoms with van der Waals surface area (Å²) in [6.07, 6.45) is 0.322. The number of hydrogen-bond acceptors (Lipinski definition) is 7. The molecule has 34 heavy (non-hydrogen) atoms. The number of methoxy groups -OCH3 is 1. The lowest BCUT2D eigenvalue weighted by atomic mass is 9.97. The standard InChI is InChI=1S/C26H20N4O4/c1-34-23-12-16(8-11-22(23)31)21-13-20(29-30(21)17-9-6-15(14-27)7-10-17)24-25(32)18-4-2-3-5-19(18)28-26(24)33/h2-12,21,31H,13H2,1H3,(H2,28,32,33). The number of phenolic OH excluding ortho intramolecular Hbond substituents is 1. The minimum Gasteiger partial charge on any atom is -0.506 e. The number of pyridine rings is 1. The summed E-state index contributed by atoms with van der Waals surface area (Å²) in [5.41, 5.74) is 2.67. The monoisotopic (exact) mass is 452 g/mol. The maximum atomic E-state index is 13.0. The van der Waals surface area contributed by atoms with E-state index in [0.29, 0.717) is 40.0 Å². The maximum Gasteiger partial charge on any atom is 0.261 e. The smallest absolute Gasteiger partial charge is 0.261 e. The van der Waals surface area contributed by atoms with Gasteiger partial charge in [0.1, 0.15) is 11.3 Å². The van der Waals surface area contributed by atoms with Crippen molar-refractivity contribution in [1.82, 2.24) is 4.98 Å². The van der Waals surface area contributed by atoms with Crippen molar-refractivity contribution in [2.24, 2.45) is 5.10 Å². The molecule has 0 aliphatic carbocycles. The molecule has 0 bridgehead atoms. The number of anilines is 1. The summed E-state index contributed by atoms with van der Waals surface area (Å²) in [7, 11) is 1.47. The van der Waals surface area contributed by atoms with E-state index in [1.165, 1.54) is 7.11 Å². The van der Waals surface area contributed by atoms with Gasteiger partial charge in [0.25, 0.3) is 5.56 Å². The molecular formula is C26H20N4O4.